The number of rotatable bonds is 5. The Morgan fingerprint density at radius 3 is 2.54 bits per heavy atom. The summed E-state index contributed by atoms with van der Waals surface area (Å²) in [5, 5.41) is 3.61. The third-order valence-corrected chi connectivity index (χ3v) is 3.43. The number of hydrogen-bond donors (Lipinski definition) is 1. The van der Waals surface area contributed by atoms with Crippen molar-refractivity contribution in [3.63, 3.8) is 0 Å². The Labute approximate surface area is 153 Å². The molecule has 1 rings (SSSR count). The van der Waals surface area contributed by atoms with Crippen LogP contribution < -0.4 is 5.32 Å². The van der Waals surface area contributed by atoms with Gasteiger partial charge in [-0.25, -0.2) is 14.4 Å². The molecule has 0 heterocycles. The van der Waals surface area contributed by atoms with Gasteiger partial charge in [-0.1, -0.05) is 26.0 Å². The van der Waals surface area contributed by atoms with Gasteiger partial charge in [-0.05, 0) is 51.8 Å². The van der Waals surface area contributed by atoms with Crippen molar-refractivity contribution in [1.29, 1.82) is 0 Å². The minimum Gasteiger partial charge on any atom is -0.331 e. The van der Waals surface area contributed by atoms with Gasteiger partial charge in [-0.15, -0.1) is 5.06 Å². The first-order valence-corrected chi connectivity index (χ1v) is 8.30. The maximum Gasteiger partial charge on any atom is 0.358 e. The quantitative estimate of drug-likeness (QED) is 0.365. The summed E-state index contributed by atoms with van der Waals surface area (Å²) in [6, 6.07) is 4.29. The summed E-state index contributed by atoms with van der Waals surface area (Å²) in [6.45, 7) is 12.6. The zero-order valence-corrected chi connectivity index (χ0v) is 15.9. The highest BCUT2D eigenvalue weighted by molar-refractivity contribution is 5.93. The van der Waals surface area contributed by atoms with Crippen LogP contribution in [0.4, 0.5) is 16.2 Å². The number of urea groups is 1. The highest BCUT2D eigenvalue weighted by atomic mass is 16.7. The van der Waals surface area contributed by atoms with Gasteiger partial charge < -0.3 is 10.2 Å². The molecule has 0 saturated carbocycles. The van der Waals surface area contributed by atoms with E-state index in [0.717, 1.165) is 17.0 Å². The summed E-state index contributed by atoms with van der Waals surface area (Å²) in [5.74, 6) is -0.646. The molecule has 0 aromatic heterocycles. The number of aryl methyl sites for hydroxylation is 1. The van der Waals surface area contributed by atoms with Crippen LogP contribution in [0, 0.1) is 6.92 Å². The van der Waals surface area contributed by atoms with Gasteiger partial charge >= 0.3 is 12.0 Å². The number of amides is 2. The van der Waals surface area contributed by atoms with Crippen molar-refractivity contribution in [2.45, 2.75) is 53.0 Å². The maximum atomic E-state index is 12.6. The second kappa shape index (κ2) is 8.97. The van der Waals surface area contributed by atoms with E-state index in [1.165, 1.54) is 12.1 Å². The van der Waals surface area contributed by atoms with Crippen LogP contribution >= 0.6 is 0 Å². The van der Waals surface area contributed by atoms with Crippen LogP contribution in [-0.2, 0) is 14.4 Å². The number of isocyanates is 1. The number of benzene rings is 1. The van der Waals surface area contributed by atoms with Crippen LogP contribution in [0.2, 0.25) is 0 Å². The number of nitrogens with zero attached hydrogens (tertiary/aromatic N) is 2. The standard InChI is InChI=1S/C19H25N3O4/c1-7-8-14(3)17(24)26-22(19(4,5)6)18(25)21-15-10-9-13(2)16(11-15)20-12-23/h9-11H,3,7-8H2,1-2,4-6H3,(H,21,25). The first kappa shape index (κ1) is 21.1. The summed E-state index contributed by atoms with van der Waals surface area (Å²) in [7, 11) is 0. The number of carbonyl (C=O) groups excluding carboxylic acids is 3. The molecule has 7 nitrogen and oxygen atoms in total. The normalized spacial score (nSPS) is 10.5. The average molecular weight is 359 g/mol. The third kappa shape index (κ3) is 5.86. The van der Waals surface area contributed by atoms with Crippen molar-refractivity contribution < 1.29 is 19.2 Å². The largest absolute Gasteiger partial charge is 0.358 e. The molecule has 0 atom stereocenters. The summed E-state index contributed by atoms with van der Waals surface area (Å²) in [6.07, 6.45) is 2.71. The second-order valence-corrected chi connectivity index (χ2v) is 6.83. The number of hydrogen-bond acceptors (Lipinski definition) is 5. The van der Waals surface area contributed by atoms with Crippen LogP contribution in [0.1, 0.15) is 46.1 Å². The Morgan fingerprint density at radius 2 is 2.00 bits per heavy atom. The molecule has 7 heteroatoms. The second-order valence-electron chi connectivity index (χ2n) is 6.83. The summed E-state index contributed by atoms with van der Waals surface area (Å²) >= 11 is 0. The van der Waals surface area contributed by atoms with Crippen LogP contribution in [-0.4, -0.2) is 28.7 Å². The predicted molar refractivity (Wildman–Crippen MR) is 99.7 cm³/mol. The molecule has 1 N–H and O–H groups in total. The Bertz CT molecular complexity index is 744. The summed E-state index contributed by atoms with van der Waals surface area (Å²) in [5.41, 5.74) is 1.09. The number of hydroxylamine groups is 2. The Morgan fingerprint density at radius 1 is 1.35 bits per heavy atom. The van der Waals surface area contributed by atoms with E-state index in [9.17, 15) is 14.4 Å². The molecule has 0 unspecified atom stereocenters. The Kier molecular flexibility index (Phi) is 7.28. The van der Waals surface area contributed by atoms with E-state index in [1.807, 2.05) is 6.92 Å². The molecule has 0 aliphatic carbocycles. The van der Waals surface area contributed by atoms with Crippen molar-refractivity contribution in [3.8, 4) is 0 Å². The van der Waals surface area contributed by atoms with Gasteiger partial charge in [0.25, 0.3) is 0 Å². The van der Waals surface area contributed by atoms with Crippen LogP contribution in [0.5, 0.6) is 0 Å². The van der Waals surface area contributed by atoms with Crippen molar-refractivity contribution >= 4 is 29.5 Å². The molecule has 1 aromatic carbocycles. The smallest absolute Gasteiger partial charge is 0.331 e. The lowest BCUT2D eigenvalue weighted by Crippen LogP contribution is -2.48. The summed E-state index contributed by atoms with van der Waals surface area (Å²) in [4.78, 5) is 44.1. The third-order valence-electron chi connectivity index (χ3n) is 3.43. The maximum absolute atomic E-state index is 12.6. The Hall–Kier alpha value is -2.92. The fraction of sp³-hybridized carbons (Fsp3) is 0.421. The SMILES string of the molecule is C=C(CCC)C(=O)ON(C(=O)Nc1ccc(C)c(N=C=O)c1)C(C)(C)C. The van der Waals surface area contributed by atoms with E-state index < -0.39 is 17.5 Å². The number of nitrogens with one attached hydrogen (secondary N) is 1. The molecule has 0 fully saturated rings. The van der Waals surface area contributed by atoms with Gasteiger partial charge in [-0.3, -0.25) is 0 Å². The van der Waals surface area contributed by atoms with E-state index in [-0.39, 0.29) is 0 Å². The van der Waals surface area contributed by atoms with Crippen LogP contribution in [0.25, 0.3) is 0 Å². The van der Waals surface area contributed by atoms with E-state index in [0.29, 0.717) is 23.4 Å². The van der Waals surface area contributed by atoms with E-state index in [1.54, 1.807) is 39.8 Å². The topological polar surface area (TPSA) is 88.1 Å². The van der Waals surface area contributed by atoms with Crippen molar-refractivity contribution in [2.75, 3.05) is 5.32 Å². The van der Waals surface area contributed by atoms with Gasteiger partial charge in [0.15, 0.2) is 0 Å². The van der Waals surface area contributed by atoms with Crippen LogP contribution in [0.3, 0.4) is 0 Å². The first-order chi connectivity index (χ1) is 12.1. The lowest BCUT2D eigenvalue weighted by molar-refractivity contribution is -0.187. The average Bonchev–Trinajstić information content (AvgIpc) is 2.54. The molecule has 0 spiro atoms. The van der Waals surface area contributed by atoms with Gasteiger partial charge in [0.2, 0.25) is 6.08 Å². The van der Waals surface area contributed by atoms with Gasteiger partial charge in [-0.2, -0.15) is 4.99 Å². The molecular formula is C19H25N3O4. The monoisotopic (exact) mass is 359 g/mol. The molecule has 26 heavy (non-hydrogen) atoms. The zero-order valence-electron chi connectivity index (χ0n) is 15.9. The zero-order chi connectivity index (χ0) is 19.9. The molecule has 0 bridgehead atoms. The molecule has 0 saturated heterocycles. The minimum atomic E-state index is -0.777. The van der Waals surface area contributed by atoms with Gasteiger partial charge in [0.1, 0.15) is 0 Å². The molecule has 0 aliphatic rings. The fourth-order valence-electron chi connectivity index (χ4n) is 2.07. The van der Waals surface area contributed by atoms with Crippen molar-refractivity contribution in [2.24, 2.45) is 4.99 Å². The molecular weight excluding hydrogens is 334 g/mol. The molecule has 140 valence electrons. The van der Waals surface area contributed by atoms with Gasteiger partial charge in [0, 0.05) is 11.3 Å². The highest BCUT2D eigenvalue weighted by Gasteiger charge is 2.31. The van der Waals surface area contributed by atoms with E-state index in [4.69, 9.17) is 4.84 Å². The number of aliphatic imine (C=N–C) groups is 1. The molecule has 1 aromatic rings. The number of carbonyl (C=O) groups is 2. The van der Waals surface area contributed by atoms with Crippen molar-refractivity contribution in [1.82, 2.24) is 5.06 Å². The van der Waals surface area contributed by atoms with Gasteiger partial charge in [0.05, 0.1) is 11.2 Å². The van der Waals surface area contributed by atoms with Crippen LogP contribution in [0.15, 0.2) is 35.3 Å². The lowest BCUT2D eigenvalue weighted by Gasteiger charge is -2.33. The minimum absolute atomic E-state index is 0.299. The van der Waals surface area contributed by atoms with Crippen molar-refractivity contribution in [3.05, 3.63) is 35.9 Å². The van der Waals surface area contributed by atoms with E-state index >= 15 is 0 Å². The molecule has 0 aliphatic heterocycles. The first-order valence-electron chi connectivity index (χ1n) is 8.30. The number of anilines is 1. The molecule has 2 amide bonds. The predicted octanol–water partition coefficient (Wildman–Crippen LogP) is 4.41. The van der Waals surface area contributed by atoms with E-state index in [2.05, 4.69) is 16.9 Å². The lowest BCUT2D eigenvalue weighted by atomic mass is 10.1. The fourth-order valence-corrected chi connectivity index (χ4v) is 2.07. The Balaban J connectivity index is 3.01. The summed E-state index contributed by atoms with van der Waals surface area (Å²) < 4.78 is 0. The highest BCUT2D eigenvalue weighted by Crippen LogP contribution is 2.24. The molecule has 0 radical (unpaired) electrons.